The molecule has 2 N–H and O–H groups in total. The van der Waals surface area contributed by atoms with E-state index in [1.807, 2.05) is 12.1 Å². The molecule has 1 aromatic carbocycles. The van der Waals surface area contributed by atoms with Gasteiger partial charge in [0.25, 0.3) is 0 Å². The normalized spacial score (nSPS) is 11.4. The van der Waals surface area contributed by atoms with Gasteiger partial charge in [-0.2, -0.15) is 0 Å². The highest BCUT2D eigenvalue weighted by atomic mass is 35.5. The number of hydrogen-bond donors (Lipinski definition) is 2. The fourth-order valence-corrected chi connectivity index (χ4v) is 3.74. The number of rotatable bonds is 9. The number of benzene rings is 1. The number of aromatic nitrogens is 3. The molecule has 0 amide bonds. The van der Waals surface area contributed by atoms with Crippen molar-refractivity contribution in [2.24, 2.45) is 0 Å². The van der Waals surface area contributed by atoms with Gasteiger partial charge in [0.2, 0.25) is 15.9 Å². The van der Waals surface area contributed by atoms with Crippen molar-refractivity contribution >= 4 is 21.6 Å². The summed E-state index contributed by atoms with van der Waals surface area (Å²) in [6.45, 7) is 1.02. The van der Waals surface area contributed by atoms with Gasteiger partial charge in [-0.25, -0.2) is 22.5 Å². The van der Waals surface area contributed by atoms with E-state index in [0.717, 1.165) is 23.8 Å². The lowest BCUT2D eigenvalue weighted by atomic mass is 10.2. The molecule has 0 bridgehead atoms. The fourth-order valence-electron chi connectivity index (χ4n) is 2.47. The number of ether oxygens (including phenoxy) is 1. The van der Waals surface area contributed by atoms with E-state index in [1.165, 1.54) is 6.20 Å². The molecule has 0 aliphatic heterocycles. The highest BCUT2D eigenvalue weighted by Crippen LogP contribution is 2.19. The van der Waals surface area contributed by atoms with Gasteiger partial charge < -0.3 is 10.1 Å². The number of nitrogens with one attached hydrogen (secondary N) is 2. The van der Waals surface area contributed by atoms with E-state index < -0.39 is 15.8 Å². The maximum atomic E-state index is 13.2. The van der Waals surface area contributed by atoms with E-state index in [2.05, 4.69) is 25.0 Å². The Morgan fingerprint density at radius 1 is 1.03 bits per heavy atom. The first-order valence-corrected chi connectivity index (χ1v) is 10.7. The minimum atomic E-state index is -3.86. The molecule has 8 nitrogen and oxygen atoms in total. The zero-order chi connectivity index (χ0) is 21.6. The lowest BCUT2D eigenvalue weighted by Gasteiger charge is -2.08. The van der Waals surface area contributed by atoms with Gasteiger partial charge in [0.1, 0.15) is 5.82 Å². The summed E-state index contributed by atoms with van der Waals surface area (Å²) in [7, 11) is -2.29. The monoisotopic (exact) mass is 451 g/mol. The smallest absolute Gasteiger partial charge is 0.240 e. The lowest BCUT2D eigenvalue weighted by Crippen LogP contribution is -2.24. The van der Waals surface area contributed by atoms with E-state index >= 15 is 0 Å². The quantitative estimate of drug-likeness (QED) is 0.514. The predicted molar refractivity (Wildman–Crippen MR) is 109 cm³/mol. The molecule has 2 aromatic heterocycles. The Kier molecular flexibility index (Phi) is 7.27. The first kappa shape index (κ1) is 22.0. The second-order valence-corrected chi connectivity index (χ2v) is 8.38. The Morgan fingerprint density at radius 3 is 2.43 bits per heavy atom. The summed E-state index contributed by atoms with van der Waals surface area (Å²) < 4.78 is 45.3. The predicted octanol–water partition coefficient (Wildman–Crippen LogP) is 2.44. The molecular weight excluding hydrogens is 433 g/mol. The van der Waals surface area contributed by atoms with Gasteiger partial charge in [-0.3, -0.25) is 9.97 Å². The van der Waals surface area contributed by atoms with Crippen molar-refractivity contribution in [1.82, 2.24) is 25.0 Å². The van der Waals surface area contributed by atoms with Gasteiger partial charge in [0, 0.05) is 25.4 Å². The highest BCUT2D eigenvalue weighted by molar-refractivity contribution is 7.89. The molecule has 0 fully saturated rings. The summed E-state index contributed by atoms with van der Waals surface area (Å²) in [6.07, 6.45) is 4.73. The zero-order valence-electron chi connectivity index (χ0n) is 16.0. The number of halogens is 2. The van der Waals surface area contributed by atoms with E-state index in [9.17, 15) is 12.8 Å². The second kappa shape index (κ2) is 9.90. The third-order valence-electron chi connectivity index (χ3n) is 4.05. The van der Waals surface area contributed by atoms with E-state index in [0.29, 0.717) is 30.4 Å². The van der Waals surface area contributed by atoms with Crippen LogP contribution in [-0.4, -0.2) is 30.5 Å². The molecule has 0 aliphatic carbocycles. The standard InChI is InChI=1S/C19H19ClFN5O3S/c1-29-19-6-13(4-5-23-19)8-22-9-14-10-25-15(11-24-14)12-26-30(27,28)16-2-3-18(21)17(20)7-16/h2-7,10-11,22,26H,8-9,12H2,1H3. The molecule has 0 spiro atoms. The largest absolute Gasteiger partial charge is 0.481 e. The summed E-state index contributed by atoms with van der Waals surface area (Å²) in [4.78, 5) is 12.4. The van der Waals surface area contributed by atoms with Crippen molar-refractivity contribution in [2.75, 3.05) is 7.11 Å². The van der Waals surface area contributed by atoms with Crippen LogP contribution < -0.4 is 14.8 Å². The molecular formula is C19H19ClFN5O3S. The lowest BCUT2D eigenvalue weighted by molar-refractivity contribution is 0.397. The second-order valence-electron chi connectivity index (χ2n) is 6.21. The zero-order valence-corrected chi connectivity index (χ0v) is 17.5. The first-order valence-electron chi connectivity index (χ1n) is 8.81. The van der Waals surface area contributed by atoms with Crippen LogP contribution in [0.5, 0.6) is 5.88 Å². The van der Waals surface area contributed by atoms with Crippen molar-refractivity contribution in [1.29, 1.82) is 0 Å². The van der Waals surface area contributed by atoms with Crippen molar-refractivity contribution in [3.63, 3.8) is 0 Å². The van der Waals surface area contributed by atoms with Crippen molar-refractivity contribution in [2.45, 2.75) is 24.5 Å². The molecule has 0 unspecified atom stereocenters. The molecule has 0 radical (unpaired) electrons. The molecule has 2 heterocycles. The van der Waals surface area contributed by atoms with Gasteiger partial charge in [0.15, 0.2) is 0 Å². The maximum Gasteiger partial charge on any atom is 0.240 e. The number of nitrogens with zero attached hydrogens (tertiary/aromatic N) is 3. The van der Waals surface area contributed by atoms with Crippen LogP contribution >= 0.6 is 11.6 Å². The van der Waals surface area contributed by atoms with Crippen molar-refractivity contribution in [3.05, 3.63) is 76.7 Å². The molecule has 30 heavy (non-hydrogen) atoms. The van der Waals surface area contributed by atoms with Crippen LogP contribution in [0.4, 0.5) is 4.39 Å². The van der Waals surface area contributed by atoms with Gasteiger partial charge in [0.05, 0.1) is 47.4 Å². The molecule has 11 heteroatoms. The van der Waals surface area contributed by atoms with Crippen LogP contribution in [0.3, 0.4) is 0 Å². The topological polar surface area (TPSA) is 106 Å². The Hall–Kier alpha value is -2.66. The van der Waals surface area contributed by atoms with Crippen LogP contribution in [0.15, 0.2) is 53.8 Å². The van der Waals surface area contributed by atoms with Gasteiger partial charge in [-0.05, 0) is 29.8 Å². The average Bonchev–Trinajstić information content (AvgIpc) is 2.75. The number of hydrogen-bond acceptors (Lipinski definition) is 7. The van der Waals surface area contributed by atoms with E-state index in [-0.39, 0.29) is 16.5 Å². The summed E-state index contributed by atoms with van der Waals surface area (Å²) in [6, 6.07) is 6.91. The van der Waals surface area contributed by atoms with Crippen LogP contribution in [0.2, 0.25) is 5.02 Å². The third-order valence-corrected chi connectivity index (χ3v) is 5.74. The van der Waals surface area contributed by atoms with Crippen LogP contribution in [0.1, 0.15) is 17.0 Å². The summed E-state index contributed by atoms with van der Waals surface area (Å²) in [5, 5.41) is 2.97. The van der Waals surface area contributed by atoms with Crippen molar-refractivity contribution in [3.8, 4) is 5.88 Å². The number of methoxy groups -OCH3 is 1. The van der Waals surface area contributed by atoms with E-state index in [1.54, 1.807) is 19.5 Å². The first-order chi connectivity index (χ1) is 14.4. The highest BCUT2D eigenvalue weighted by Gasteiger charge is 2.16. The number of pyridine rings is 1. The molecule has 158 valence electrons. The average molecular weight is 452 g/mol. The minimum Gasteiger partial charge on any atom is -0.481 e. The Bertz CT molecular complexity index is 1110. The van der Waals surface area contributed by atoms with Gasteiger partial charge >= 0.3 is 0 Å². The third kappa shape index (κ3) is 5.92. The Morgan fingerprint density at radius 2 is 1.77 bits per heavy atom. The molecule has 0 saturated carbocycles. The molecule has 3 aromatic rings. The number of sulfonamides is 1. The molecule has 0 saturated heterocycles. The minimum absolute atomic E-state index is 0.0607. The van der Waals surface area contributed by atoms with E-state index in [4.69, 9.17) is 16.3 Å². The summed E-state index contributed by atoms with van der Waals surface area (Å²) >= 11 is 5.65. The Balaban J connectivity index is 1.52. The maximum absolute atomic E-state index is 13.2. The summed E-state index contributed by atoms with van der Waals surface area (Å²) in [5.74, 6) is -0.141. The van der Waals surface area contributed by atoms with Crippen LogP contribution in [-0.2, 0) is 29.7 Å². The van der Waals surface area contributed by atoms with Gasteiger partial charge in [-0.15, -0.1) is 0 Å². The Labute approximate surface area is 178 Å². The fraction of sp³-hybridized carbons (Fsp3) is 0.211. The van der Waals surface area contributed by atoms with Crippen LogP contribution in [0.25, 0.3) is 0 Å². The molecule has 0 aliphatic rings. The van der Waals surface area contributed by atoms with Crippen LogP contribution in [0, 0.1) is 5.82 Å². The van der Waals surface area contributed by atoms with Gasteiger partial charge in [-0.1, -0.05) is 11.6 Å². The van der Waals surface area contributed by atoms with Crippen molar-refractivity contribution < 1.29 is 17.5 Å². The summed E-state index contributed by atoms with van der Waals surface area (Å²) in [5.41, 5.74) is 2.16. The molecule has 0 atom stereocenters. The molecule has 3 rings (SSSR count). The SMILES string of the molecule is COc1cc(CNCc2cnc(CNS(=O)(=O)c3ccc(F)c(Cl)c3)cn2)ccn1.